The molecule has 2 rings (SSSR count). The van der Waals surface area contributed by atoms with Crippen LogP contribution in [0.1, 0.15) is 32.8 Å². The van der Waals surface area contributed by atoms with Crippen molar-refractivity contribution in [3.63, 3.8) is 0 Å². The number of hydrogen-bond acceptors (Lipinski definition) is 4. The Morgan fingerprint density at radius 1 is 1.09 bits per heavy atom. The third kappa shape index (κ3) is 7.31. The van der Waals surface area contributed by atoms with Crippen molar-refractivity contribution in [1.29, 1.82) is 0 Å². The second-order valence-electron chi connectivity index (χ2n) is 7.76. The molecule has 0 radical (unpaired) electrons. The Morgan fingerprint density at radius 3 is 2.38 bits per heavy atom. The van der Waals surface area contributed by atoms with Crippen molar-refractivity contribution in [3.8, 4) is 11.5 Å². The quantitative estimate of drug-likeness (QED) is 0.493. The number of hydrogen-bond donors (Lipinski definition) is 1. The summed E-state index contributed by atoms with van der Waals surface area (Å²) in [5.74, 6) is 0.713. The lowest BCUT2D eigenvalue weighted by molar-refractivity contribution is -0.143. The van der Waals surface area contributed by atoms with E-state index in [4.69, 9.17) is 32.7 Å². The summed E-state index contributed by atoms with van der Waals surface area (Å²) in [6.07, 6.45) is 0.440. The van der Waals surface area contributed by atoms with Crippen LogP contribution in [0.25, 0.3) is 0 Å². The molecular weight excluding hydrogens is 451 g/mol. The van der Waals surface area contributed by atoms with Gasteiger partial charge in [0.15, 0.2) is 18.1 Å². The molecule has 0 aliphatic rings. The zero-order chi connectivity index (χ0) is 23.7. The average molecular weight is 481 g/mol. The largest absolute Gasteiger partial charge is 0.493 e. The smallest absolute Gasteiger partial charge is 0.261 e. The van der Waals surface area contributed by atoms with Crippen molar-refractivity contribution in [3.05, 3.63) is 58.1 Å². The second-order valence-corrected chi connectivity index (χ2v) is 8.60. The number of nitrogens with one attached hydrogen (secondary N) is 1. The molecule has 174 valence electrons. The molecule has 2 amide bonds. The first-order valence-corrected chi connectivity index (χ1v) is 11.3. The predicted octanol–water partition coefficient (Wildman–Crippen LogP) is 4.96. The van der Waals surface area contributed by atoms with E-state index in [0.29, 0.717) is 46.0 Å². The second kappa shape index (κ2) is 12.6. The fourth-order valence-electron chi connectivity index (χ4n) is 3.14. The van der Waals surface area contributed by atoms with E-state index < -0.39 is 6.04 Å². The molecule has 0 aliphatic heterocycles. The van der Waals surface area contributed by atoms with Gasteiger partial charge in [0.25, 0.3) is 5.91 Å². The van der Waals surface area contributed by atoms with Gasteiger partial charge in [-0.1, -0.05) is 62.2 Å². The molecule has 0 unspecified atom stereocenters. The number of rotatable bonds is 11. The lowest BCUT2D eigenvalue weighted by Crippen LogP contribution is -2.50. The normalized spacial score (nSPS) is 11.7. The molecule has 0 bridgehead atoms. The summed E-state index contributed by atoms with van der Waals surface area (Å²) < 4.78 is 11.0. The first-order valence-electron chi connectivity index (χ1n) is 10.5. The van der Waals surface area contributed by atoms with Crippen LogP contribution in [0.5, 0.6) is 11.5 Å². The summed E-state index contributed by atoms with van der Waals surface area (Å²) in [4.78, 5) is 27.7. The zero-order valence-electron chi connectivity index (χ0n) is 18.9. The minimum atomic E-state index is -0.672. The molecular formula is C24H30Cl2N2O4. The first-order chi connectivity index (χ1) is 15.3. The number of carbonyl (C=O) groups is 2. The Morgan fingerprint density at radius 2 is 1.78 bits per heavy atom. The average Bonchev–Trinajstić information content (AvgIpc) is 2.77. The van der Waals surface area contributed by atoms with E-state index in [0.717, 1.165) is 0 Å². The van der Waals surface area contributed by atoms with E-state index in [1.807, 2.05) is 26.8 Å². The van der Waals surface area contributed by atoms with Crippen molar-refractivity contribution in [2.45, 2.75) is 39.8 Å². The summed E-state index contributed by atoms with van der Waals surface area (Å²) in [6, 6.07) is 11.5. The minimum Gasteiger partial charge on any atom is -0.493 e. The number of benzene rings is 2. The number of nitrogens with zero attached hydrogens (tertiary/aromatic N) is 1. The van der Waals surface area contributed by atoms with E-state index in [2.05, 4.69) is 5.32 Å². The Bertz CT molecular complexity index is 921. The third-order valence-electron chi connectivity index (χ3n) is 4.85. The van der Waals surface area contributed by atoms with Crippen molar-refractivity contribution < 1.29 is 19.1 Å². The molecule has 0 aromatic heterocycles. The predicted molar refractivity (Wildman–Crippen MR) is 127 cm³/mol. The highest BCUT2D eigenvalue weighted by Crippen LogP contribution is 2.27. The minimum absolute atomic E-state index is 0.151. The van der Waals surface area contributed by atoms with Crippen LogP contribution >= 0.6 is 23.2 Å². The fraction of sp³-hybridized carbons (Fsp3) is 0.417. The highest BCUT2D eigenvalue weighted by molar-refractivity contribution is 6.35. The number of halogens is 2. The SMILES string of the molecule is CC[C@H](C(=O)NCC(C)C)N(Cc1ccc(Cl)cc1Cl)C(=O)COc1ccccc1OC. The fourth-order valence-corrected chi connectivity index (χ4v) is 3.60. The molecule has 0 spiro atoms. The van der Waals surface area contributed by atoms with Crippen LogP contribution < -0.4 is 14.8 Å². The summed E-state index contributed by atoms with van der Waals surface area (Å²) in [5.41, 5.74) is 0.691. The van der Waals surface area contributed by atoms with Gasteiger partial charge in [0, 0.05) is 23.1 Å². The highest BCUT2D eigenvalue weighted by Gasteiger charge is 2.29. The third-order valence-corrected chi connectivity index (χ3v) is 5.43. The van der Waals surface area contributed by atoms with Gasteiger partial charge in [0.05, 0.1) is 7.11 Å². The molecule has 1 atom stereocenters. The number of para-hydroxylation sites is 2. The van der Waals surface area contributed by atoms with Crippen LogP contribution in [0.3, 0.4) is 0 Å². The highest BCUT2D eigenvalue weighted by atomic mass is 35.5. The van der Waals surface area contributed by atoms with Gasteiger partial charge in [-0.15, -0.1) is 0 Å². The molecule has 0 aliphatic carbocycles. The molecule has 0 fully saturated rings. The molecule has 0 saturated carbocycles. The molecule has 2 aromatic carbocycles. The Hall–Kier alpha value is -2.44. The number of amides is 2. The standard InChI is InChI=1S/C24H30Cl2N2O4/c1-5-20(24(30)27-13-16(2)3)28(14-17-10-11-18(25)12-19(17)26)23(29)15-32-22-9-7-6-8-21(22)31-4/h6-12,16,20H,5,13-15H2,1-4H3,(H,27,30)/t20-/m1/s1. The van der Waals surface area contributed by atoms with Gasteiger partial charge in [0.2, 0.25) is 5.91 Å². The topological polar surface area (TPSA) is 67.9 Å². The monoisotopic (exact) mass is 480 g/mol. The van der Waals surface area contributed by atoms with E-state index in [9.17, 15) is 9.59 Å². The van der Waals surface area contributed by atoms with E-state index in [-0.39, 0.29) is 25.0 Å². The van der Waals surface area contributed by atoms with E-state index in [1.54, 1.807) is 36.4 Å². The molecule has 0 heterocycles. The van der Waals surface area contributed by atoms with Gasteiger partial charge in [-0.3, -0.25) is 9.59 Å². The Kier molecular flexibility index (Phi) is 10.1. The molecule has 0 saturated heterocycles. The Labute approximate surface area is 199 Å². The first kappa shape index (κ1) is 25.8. The summed E-state index contributed by atoms with van der Waals surface area (Å²) in [5, 5.41) is 3.85. The maximum Gasteiger partial charge on any atom is 0.261 e. The van der Waals surface area contributed by atoms with Crippen LogP contribution in [0.4, 0.5) is 0 Å². The molecule has 6 nitrogen and oxygen atoms in total. The van der Waals surface area contributed by atoms with E-state index in [1.165, 1.54) is 12.0 Å². The molecule has 8 heteroatoms. The van der Waals surface area contributed by atoms with Crippen LogP contribution in [-0.4, -0.2) is 43.0 Å². The van der Waals surface area contributed by atoms with Crippen molar-refractivity contribution in [2.24, 2.45) is 5.92 Å². The maximum atomic E-state index is 13.3. The van der Waals surface area contributed by atoms with Gasteiger partial charge >= 0.3 is 0 Å². The molecule has 2 aromatic rings. The zero-order valence-corrected chi connectivity index (χ0v) is 20.4. The van der Waals surface area contributed by atoms with E-state index >= 15 is 0 Å². The van der Waals surface area contributed by atoms with Crippen LogP contribution in [0, 0.1) is 5.92 Å². The Balaban J connectivity index is 2.26. The van der Waals surface area contributed by atoms with Gasteiger partial charge in [-0.25, -0.2) is 0 Å². The van der Waals surface area contributed by atoms with Crippen LogP contribution in [0.15, 0.2) is 42.5 Å². The summed E-state index contributed by atoms with van der Waals surface area (Å²) in [6.45, 7) is 6.32. The number of ether oxygens (including phenoxy) is 2. The summed E-state index contributed by atoms with van der Waals surface area (Å²) >= 11 is 12.4. The molecule has 1 N–H and O–H groups in total. The van der Waals surface area contributed by atoms with Crippen molar-refractivity contribution >= 4 is 35.0 Å². The van der Waals surface area contributed by atoms with Crippen LogP contribution in [-0.2, 0) is 16.1 Å². The van der Waals surface area contributed by atoms with Gasteiger partial charge in [0.1, 0.15) is 6.04 Å². The number of methoxy groups -OCH3 is 1. The van der Waals surface area contributed by atoms with Crippen LogP contribution in [0.2, 0.25) is 10.0 Å². The lowest BCUT2D eigenvalue weighted by atomic mass is 10.1. The summed E-state index contributed by atoms with van der Waals surface area (Å²) in [7, 11) is 1.53. The maximum absolute atomic E-state index is 13.3. The number of carbonyl (C=O) groups excluding carboxylic acids is 2. The van der Waals surface area contributed by atoms with Crippen molar-refractivity contribution in [1.82, 2.24) is 10.2 Å². The van der Waals surface area contributed by atoms with Gasteiger partial charge in [-0.2, -0.15) is 0 Å². The van der Waals surface area contributed by atoms with Gasteiger partial charge in [-0.05, 0) is 42.2 Å². The molecule has 32 heavy (non-hydrogen) atoms. The lowest BCUT2D eigenvalue weighted by Gasteiger charge is -2.31. The van der Waals surface area contributed by atoms with Crippen molar-refractivity contribution in [2.75, 3.05) is 20.3 Å². The van der Waals surface area contributed by atoms with Gasteiger partial charge < -0.3 is 19.7 Å².